The maximum Gasteiger partial charge on any atom is 2.00 e. The Kier molecular flexibility index (Phi) is 28.0. The van der Waals surface area contributed by atoms with Crippen LogP contribution in [0.15, 0.2) is 146 Å². The van der Waals surface area contributed by atoms with Crippen LogP contribution in [0.1, 0.15) is 131 Å². The van der Waals surface area contributed by atoms with Gasteiger partial charge in [-0.2, -0.15) is 9.81 Å². The molecule has 490 valence electrons. The molecule has 0 unspecified atom stereocenters. The van der Waals surface area contributed by atoms with E-state index in [1.54, 1.807) is 24.3 Å². The third-order valence-electron chi connectivity index (χ3n) is 16.6. The molecule has 21 heteroatoms. The molecule has 16 nitrogen and oxygen atoms in total. The van der Waals surface area contributed by atoms with Crippen molar-refractivity contribution in [1.29, 1.82) is 0 Å². The van der Waals surface area contributed by atoms with Crippen LogP contribution in [-0.2, 0) is 65.4 Å². The van der Waals surface area contributed by atoms with Crippen molar-refractivity contribution in [2.24, 2.45) is 0 Å². The molecule has 0 aliphatic carbocycles. The third kappa shape index (κ3) is 21.4. The normalized spacial score (nSPS) is 16.9. The summed E-state index contributed by atoms with van der Waals surface area (Å²) < 4.78 is 35.9. The number of esters is 2. The smallest absolute Gasteiger partial charge is 0.781 e. The summed E-state index contributed by atoms with van der Waals surface area (Å²) in [7, 11) is 0. The number of aliphatic hydroxyl groups excluding tert-OH is 3. The number of hydrogen-bond donors (Lipinski definition) is 4. The SMILES string of the molecule is CC(=O)OC1CCN(c2ccc(C(=O)C(=O)c3ccc(N4CCC(OC(C)=O)CC4)cc3)cc2)CC1.O=C(C(=O)c1ccc(F)cc1)c1ccc(F)cc1.OC1CCN(c2ccc(C([S-])=C([S-])c3ccc(N4CCC(O)CC4)cc3)cc2)CC1.OC1CCNCC1.[Pt+2]. The van der Waals surface area contributed by atoms with E-state index in [9.17, 15) is 47.8 Å². The number of halogens is 2. The summed E-state index contributed by atoms with van der Waals surface area (Å²) in [5.41, 5.74) is 7.12. The standard InChI is InChI=1S/C28H32N2O6.C24H30N2O2S2.C14H8F2O2.C5H11NO.Pt/c1-19(31)35-25-11-15-29(16-12-25)23-7-3-21(4-8-23)27(33)28(34)22-5-9-24(10-6-22)30-17-13-26(14-18-30)36-20(2)32;27-21-9-13-25(14-10-21)19-5-1-17(2-6-19)23(29)24(30)18-3-7-20(8-4-18)26-15-11-22(28)12-16-26;15-11-5-1-9(2-6-11)13(17)14(18)10-3-7-12(16)8-4-10;7-5-1-3-6-4-2-5;/h3-10,25-26H,11-18H2,1-2H3;1-8,21-22,27-30H,9-16H2;1-8H;5-7H,1-4H2;/q;;;;+2/p-2. The molecule has 0 saturated carbocycles. The van der Waals surface area contributed by atoms with E-state index in [2.05, 4.69) is 49.2 Å². The fourth-order valence-corrected chi connectivity index (χ4v) is 11.8. The predicted molar refractivity (Wildman–Crippen MR) is 354 cm³/mol. The van der Waals surface area contributed by atoms with Gasteiger partial charge in [-0.1, -0.05) is 24.3 Å². The maximum absolute atomic E-state index is 12.8. The number of benzene rings is 6. The van der Waals surface area contributed by atoms with Gasteiger partial charge in [-0.05, 0) is 184 Å². The van der Waals surface area contributed by atoms with Crippen molar-refractivity contribution in [3.63, 3.8) is 0 Å². The maximum atomic E-state index is 12.8. The molecule has 5 heterocycles. The average molecular weight is 1480 g/mol. The Morgan fingerprint density at radius 3 is 0.815 bits per heavy atom. The predicted octanol–water partition coefficient (Wildman–Crippen LogP) is 10.1. The molecule has 5 saturated heterocycles. The minimum atomic E-state index is -0.749. The molecule has 5 fully saturated rings. The summed E-state index contributed by atoms with van der Waals surface area (Å²) >= 11 is 11.4. The monoisotopic (exact) mass is 1470 g/mol. The average Bonchev–Trinajstić information content (AvgIpc) is 1.37. The molecule has 0 atom stereocenters. The van der Waals surface area contributed by atoms with Crippen LogP contribution in [0.4, 0.5) is 31.5 Å². The summed E-state index contributed by atoms with van der Waals surface area (Å²) in [4.78, 5) is 81.8. The molecular weight excluding hydrogens is 1400 g/mol. The van der Waals surface area contributed by atoms with Gasteiger partial charge in [0.25, 0.3) is 0 Å². The Labute approximate surface area is 562 Å². The van der Waals surface area contributed by atoms with Gasteiger partial charge in [-0.3, -0.25) is 28.8 Å². The topological polar surface area (TPSA) is 207 Å². The van der Waals surface area contributed by atoms with Gasteiger partial charge in [0.1, 0.15) is 23.8 Å². The van der Waals surface area contributed by atoms with Crippen LogP contribution >= 0.6 is 0 Å². The first-order chi connectivity index (χ1) is 43.8. The second-order valence-corrected chi connectivity index (χ2v) is 24.0. The number of ether oxygens (including phenoxy) is 2. The van der Waals surface area contributed by atoms with Gasteiger partial charge in [0.15, 0.2) is 0 Å². The first kappa shape index (κ1) is 72.1. The van der Waals surface area contributed by atoms with E-state index in [0.717, 1.165) is 188 Å². The minimum absolute atomic E-state index is 0. The molecule has 0 spiro atoms. The van der Waals surface area contributed by atoms with Crippen LogP contribution in [0.2, 0.25) is 0 Å². The van der Waals surface area contributed by atoms with E-state index >= 15 is 0 Å². The molecule has 6 aromatic rings. The Hall–Kier alpha value is -7.29. The number of nitrogens with one attached hydrogen (secondary N) is 1. The van der Waals surface area contributed by atoms with Gasteiger partial charge in [-0.15, -0.1) is 0 Å². The Bertz CT molecular complexity index is 3180. The molecule has 0 bridgehead atoms. The molecule has 92 heavy (non-hydrogen) atoms. The molecule has 0 radical (unpaired) electrons. The zero-order valence-corrected chi connectivity index (χ0v) is 55.6. The quantitative estimate of drug-likeness (QED) is 0.0263. The molecule has 4 N–H and O–H groups in total. The van der Waals surface area contributed by atoms with Gasteiger partial charge in [0, 0.05) is 137 Å². The van der Waals surface area contributed by atoms with Crippen LogP contribution in [-0.4, -0.2) is 146 Å². The first-order valence-corrected chi connectivity index (χ1v) is 31.9. The largest absolute Gasteiger partial charge is 2.00 e. The van der Waals surface area contributed by atoms with Crippen LogP contribution in [0.3, 0.4) is 0 Å². The number of piperidine rings is 5. The zero-order chi connectivity index (χ0) is 65.0. The molecule has 5 aliphatic heterocycles. The third-order valence-corrected chi connectivity index (χ3v) is 17.6. The van der Waals surface area contributed by atoms with Crippen molar-refractivity contribution in [2.45, 2.75) is 109 Å². The van der Waals surface area contributed by atoms with Crippen LogP contribution in [0.5, 0.6) is 0 Å². The Morgan fingerprint density at radius 2 is 0.587 bits per heavy atom. The van der Waals surface area contributed by atoms with Crippen molar-refractivity contribution in [3.8, 4) is 0 Å². The van der Waals surface area contributed by atoms with E-state index in [0.29, 0.717) is 20.9 Å². The van der Waals surface area contributed by atoms with E-state index in [-0.39, 0.29) is 74.7 Å². The van der Waals surface area contributed by atoms with Gasteiger partial charge in [0.2, 0.25) is 23.1 Å². The van der Waals surface area contributed by atoms with E-state index in [1.165, 1.54) is 38.1 Å². The van der Waals surface area contributed by atoms with E-state index < -0.39 is 34.8 Å². The summed E-state index contributed by atoms with van der Waals surface area (Å²) in [5, 5.41) is 31.4. The molecule has 6 aromatic carbocycles. The minimum Gasteiger partial charge on any atom is -0.781 e. The number of Topliss-reactive ketones (excluding diaryl/α,β-unsaturated/α-hetero) is 4. The fraction of sp³-hybridized carbons (Fsp3) is 0.380. The van der Waals surface area contributed by atoms with Gasteiger partial charge in [0.05, 0.1) is 18.3 Å². The number of carbonyl (C=O) groups is 6. The molecule has 0 aromatic heterocycles. The van der Waals surface area contributed by atoms with Crippen LogP contribution in [0, 0.1) is 11.6 Å². The van der Waals surface area contributed by atoms with Gasteiger partial charge >= 0.3 is 33.0 Å². The Balaban J connectivity index is 0.000000192. The summed E-state index contributed by atoms with van der Waals surface area (Å²) in [6.07, 6.45) is 7.73. The van der Waals surface area contributed by atoms with E-state index in [4.69, 9.17) is 39.8 Å². The first-order valence-electron chi connectivity index (χ1n) is 31.1. The number of carbonyl (C=O) groups excluding carboxylic acids is 6. The van der Waals surface area contributed by atoms with Crippen molar-refractivity contribution in [1.82, 2.24) is 5.32 Å². The molecule has 11 rings (SSSR count). The zero-order valence-electron chi connectivity index (χ0n) is 51.7. The van der Waals surface area contributed by atoms with Crippen molar-refractivity contribution in [3.05, 3.63) is 191 Å². The summed E-state index contributed by atoms with van der Waals surface area (Å²) in [5.74, 6) is -4.05. The van der Waals surface area contributed by atoms with Gasteiger partial charge in [-0.25, -0.2) is 8.78 Å². The fourth-order valence-electron chi connectivity index (χ4n) is 11.3. The van der Waals surface area contributed by atoms with Crippen molar-refractivity contribution < 1.29 is 83.4 Å². The van der Waals surface area contributed by atoms with Crippen molar-refractivity contribution in [2.75, 3.05) is 85.0 Å². The number of anilines is 4. The number of ketones is 4. The molecular formula is C71H79F2N5O11PtS2. The number of hydrogen-bond acceptors (Lipinski definition) is 18. The van der Waals surface area contributed by atoms with Crippen LogP contribution in [0.25, 0.3) is 9.81 Å². The number of rotatable bonds is 14. The molecule has 5 aliphatic rings. The number of nitrogens with zero attached hydrogens (tertiary/aromatic N) is 4. The Morgan fingerprint density at radius 1 is 0.370 bits per heavy atom. The summed E-state index contributed by atoms with van der Waals surface area (Å²) in [6.45, 7) is 11.4. The van der Waals surface area contributed by atoms with Gasteiger partial charge < -0.3 is 75.0 Å². The molecule has 0 amide bonds. The number of aliphatic hydroxyl groups is 3. The second kappa shape index (κ2) is 35.7. The second-order valence-electron chi connectivity index (χ2n) is 23.2. The van der Waals surface area contributed by atoms with E-state index in [1.807, 2.05) is 48.5 Å². The van der Waals surface area contributed by atoms with Crippen molar-refractivity contribution >= 4 is 92.9 Å². The summed E-state index contributed by atoms with van der Waals surface area (Å²) in [6, 6.07) is 40.1. The van der Waals surface area contributed by atoms with Crippen LogP contribution < -0.4 is 24.9 Å².